The first-order chi connectivity index (χ1) is 15.8. The lowest BCUT2D eigenvalue weighted by molar-refractivity contribution is -0.139. The molecule has 2 amide bonds. The van der Waals surface area contributed by atoms with Gasteiger partial charge in [-0.1, -0.05) is 55.5 Å². The summed E-state index contributed by atoms with van der Waals surface area (Å²) in [5, 5.41) is 2.92. The molecule has 0 aliphatic heterocycles. The molecule has 0 unspecified atom stereocenters. The molecular formula is C26H37N3O4S. The molecule has 0 radical (unpaired) electrons. The highest BCUT2D eigenvalue weighted by atomic mass is 32.2. The number of rotatable bonds is 10. The molecule has 0 aliphatic rings. The van der Waals surface area contributed by atoms with Crippen molar-refractivity contribution in [1.82, 2.24) is 10.2 Å². The van der Waals surface area contributed by atoms with Gasteiger partial charge < -0.3 is 10.2 Å². The van der Waals surface area contributed by atoms with Crippen LogP contribution in [0.25, 0.3) is 0 Å². The average Bonchev–Trinajstić information content (AvgIpc) is 2.76. The molecule has 1 atom stereocenters. The topological polar surface area (TPSA) is 86.8 Å². The molecule has 7 nitrogen and oxygen atoms in total. The molecule has 0 fully saturated rings. The van der Waals surface area contributed by atoms with Gasteiger partial charge in [-0.05, 0) is 57.7 Å². The van der Waals surface area contributed by atoms with Crippen LogP contribution >= 0.6 is 0 Å². The highest BCUT2D eigenvalue weighted by molar-refractivity contribution is 7.92. The zero-order valence-corrected chi connectivity index (χ0v) is 21.9. The molecule has 34 heavy (non-hydrogen) atoms. The van der Waals surface area contributed by atoms with Gasteiger partial charge in [-0.15, -0.1) is 0 Å². The minimum absolute atomic E-state index is 0.284. The van der Waals surface area contributed by atoms with E-state index in [1.807, 2.05) is 70.2 Å². The second-order valence-electron chi connectivity index (χ2n) is 9.49. The van der Waals surface area contributed by atoms with Crippen LogP contribution in [0.15, 0.2) is 54.6 Å². The first kappa shape index (κ1) is 27.4. The molecule has 0 aromatic heterocycles. The Labute approximate surface area is 204 Å². The Morgan fingerprint density at radius 3 is 2.15 bits per heavy atom. The smallest absolute Gasteiger partial charge is 0.244 e. The monoisotopic (exact) mass is 487 g/mol. The molecule has 0 saturated carbocycles. The standard InChI is InChI=1S/C26H37N3O4S/c1-7-22-15-11-12-16-23(22)29(34(6,32)33)19-24(30)28(18-17-21-13-9-8-10-14-21)20(2)25(31)27-26(3,4)5/h8-16,20H,7,17-19H2,1-6H3,(H,27,31)/t20-/m1/s1. The number of amides is 2. The van der Waals surface area contributed by atoms with E-state index < -0.39 is 27.5 Å². The summed E-state index contributed by atoms with van der Waals surface area (Å²) in [7, 11) is -3.74. The van der Waals surface area contributed by atoms with Crippen molar-refractivity contribution in [2.45, 2.75) is 59.0 Å². The molecule has 0 heterocycles. The van der Waals surface area contributed by atoms with Crippen molar-refractivity contribution in [1.29, 1.82) is 0 Å². The number of nitrogens with zero attached hydrogens (tertiary/aromatic N) is 2. The van der Waals surface area contributed by atoms with E-state index in [4.69, 9.17) is 0 Å². The first-order valence-electron chi connectivity index (χ1n) is 11.5. The number of anilines is 1. The summed E-state index contributed by atoms with van der Waals surface area (Å²) in [5.41, 5.74) is 1.88. The quantitative estimate of drug-likeness (QED) is 0.557. The van der Waals surface area contributed by atoms with Crippen molar-refractivity contribution in [3.63, 3.8) is 0 Å². The summed E-state index contributed by atoms with van der Waals surface area (Å²) in [6.07, 6.45) is 2.26. The summed E-state index contributed by atoms with van der Waals surface area (Å²) in [5.74, 6) is -0.711. The molecule has 0 spiro atoms. The maximum absolute atomic E-state index is 13.5. The van der Waals surface area contributed by atoms with Gasteiger partial charge in [0.25, 0.3) is 0 Å². The number of benzene rings is 2. The third kappa shape index (κ3) is 7.87. The van der Waals surface area contributed by atoms with Crippen LogP contribution in [-0.2, 0) is 32.5 Å². The molecular weight excluding hydrogens is 450 g/mol. The van der Waals surface area contributed by atoms with Crippen LogP contribution in [0.2, 0.25) is 0 Å². The Morgan fingerprint density at radius 1 is 1.00 bits per heavy atom. The number of aryl methyl sites for hydroxylation is 1. The maximum atomic E-state index is 13.5. The predicted molar refractivity (Wildman–Crippen MR) is 137 cm³/mol. The van der Waals surface area contributed by atoms with E-state index in [-0.39, 0.29) is 19.0 Å². The van der Waals surface area contributed by atoms with Crippen LogP contribution in [0.5, 0.6) is 0 Å². The summed E-state index contributed by atoms with van der Waals surface area (Å²) < 4.78 is 26.5. The Bertz CT molecular complexity index is 1080. The lowest BCUT2D eigenvalue weighted by atomic mass is 10.1. The molecule has 2 rings (SSSR count). The minimum Gasteiger partial charge on any atom is -0.350 e. The zero-order chi connectivity index (χ0) is 25.5. The van der Waals surface area contributed by atoms with Gasteiger partial charge in [-0.2, -0.15) is 0 Å². The molecule has 0 bridgehead atoms. The Kier molecular flexibility index (Phi) is 9.27. The van der Waals surface area contributed by atoms with E-state index >= 15 is 0 Å². The highest BCUT2D eigenvalue weighted by Crippen LogP contribution is 2.24. The van der Waals surface area contributed by atoms with E-state index in [9.17, 15) is 18.0 Å². The normalized spacial score (nSPS) is 12.6. The van der Waals surface area contributed by atoms with Gasteiger partial charge in [-0.25, -0.2) is 8.42 Å². The van der Waals surface area contributed by atoms with Crippen molar-refractivity contribution in [2.24, 2.45) is 0 Å². The van der Waals surface area contributed by atoms with Crippen molar-refractivity contribution in [3.05, 3.63) is 65.7 Å². The number of nitrogens with one attached hydrogen (secondary N) is 1. The van der Waals surface area contributed by atoms with Gasteiger partial charge in [0.1, 0.15) is 12.6 Å². The Morgan fingerprint density at radius 2 is 1.59 bits per heavy atom. The molecule has 0 saturated heterocycles. The Hall–Kier alpha value is -2.87. The maximum Gasteiger partial charge on any atom is 0.244 e. The van der Waals surface area contributed by atoms with Gasteiger partial charge in [-0.3, -0.25) is 13.9 Å². The number of carbonyl (C=O) groups excluding carboxylic acids is 2. The highest BCUT2D eigenvalue weighted by Gasteiger charge is 2.31. The molecule has 0 aliphatic carbocycles. The molecule has 8 heteroatoms. The van der Waals surface area contributed by atoms with Crippen LogP contribution in [0.1, 0.15) is 45.7 Å². The number of hydrogen-bond donors (Lipinski definition) is 1. The largest absolute Gasteiger partial charge is 0.350 e. The predicted octanol–water partition coefficient (Wildman–Crippen LogP) is 3.39. The lowest BCUT2D eigenvalue weighted by Crippen LogP contribution is -2.55. The lowest BCUT2D eigenvalue weighted by Gasteiger charge is -2.33. The van der Waals surface area contributed by atoms with Crippen molar-refractivity contribution < 1.29 is 18.0 Å². The molecule has 2 aromatic carbocycles. The van der Waals surface area contributed by atoms with Gasteiger partial charge >= 0.3 is 0 Å². The summed E-state index contributed by atoms with van der Waals surface area (Å²) >= 11 is 0. The molecule has 1 N–H and O–H groups in total. The second-order valence-corrected chi connectivity index (χ2v) is 11.4. The van der Waals surface area contributed by atoms with Gasteiger partial charge in [0.2, 0.25) is 21.8 Å². The number of para-hydroxylation sites is 1. The van der Waals surface area contributed by atoms with Crippen LogP contribution in [0.4, 0.5) is 5.69 Å². The van der Waals surface area contributed by atoms with E-state index in [0.29, 0.717) is 18.5 Å². The number of carbonyl (C=O) groups is 2. The van der Waals surface area contributed by atoms with E-state index in [2.05, 4.69) is 5.32 Å². The fourth-order valence-corrected chi connectivity index (χ4v) is 4.57. The van der Waals surface area contributed by atoms with Crippen molar-refractivity contribution >= 4 is 27.5 Å². The first-order valence-corrected chi connectivity index (χ1v) is 13.4. The summed E-state index contributed by atoms with van der Waals surface area (Å²) in [6, 6.07) is 16.1. The van der Waals surface area contributed by atoms with Gasteiger partial charge in [0.05, 0.1) is 11.9 Å². The van der Waals surface area contributed by atoms with Gasteiger partial charge in [0.15, 0.2) is 0 Å². The molecule has 186 valence electrons. The van der Waals surface area contributed by atoms with E-state index in [0.717, 1.165) is 21.7 Å². The van der Waals surface area contributed by atoms with Crippen LogP contribution < -0.4 is 9.62 Å². The van der Waals surface area contributed by atoms with Crippen molar-refractivity contribution in [2.75, 3.05) is 23.7 Å². The summed E-state index contributed by atoms with van der Waals surface area (Å²) in [6.45, 7) is 9.15. The number of hydrogen-bond acceptors (Lipinski definition) is 4. The second kappa shape index (κ2) is 11.5. The third-order valence-electron chi connectivity index (χ3n) is 5.47. The zero-order valence-electron chi connectivity index (χ0n) is 21.0. The fraction of sp³-hybridized carbons (Fsp3) is 0.462. The van der Waals surface area contributed by atoms with Crippen LogP contribution in [0.3, 0.4) is 0 Å². The SMILES string of the molecule is CCc1ccccc1N(CC(=O)N(CCc1ccccc1)[C@H](C)C(=O)NC(C)(C)C)S(C)(=O)=O. The number of sulfonamides is 1. The van der Waals surface area contributed by atoms with Crippen molar-refractivity contribution in [3.8, 4) is 0 Å². The fourth-order valence-electron chi connectivity index (χ4n) is 3.69. The average molecular weight is 488 g/mol. The third-order valence-corrected chi connectivity index (χ3v) is 6.60. The van der Waals surface area contributed by atoms with Crippen LogP contribution in [-0.4, -0.2) is 56.1 Å². The minimum atomic E-state index is -3.74. The van der Waals surface area contributed by atoms with E-state index in [1.54, 1.807) is 19.1 Å². The summed E-state index contributed by atoms with van der Waals surface area (Å²) in [4.78, 5) is 28.0. The Balaban J connectivity index is 2.36. The van der Waals surface area contributed by atoms with Crippen LogP contribution in [0, 0.1) is 0 Å². The van der Waals surface area contributed by atoms with E-state index in [1.165, 1.54) is 4.90 Å². The molecule has 2 aromatic rings. The van der Waals surface area contributed by atoms with Gasteiger partial charge in [0, 0.05) is 12.1 Å².